The second kappa shape index (κ2) is 10.0. The average molecular weight is 380 g/mol. The minimum atomic E-state index is -1.12. The summed E-state index contributed by atoms with van der Waals surface area (Å²) in [5, 5.41) is 15.1. The maximum absolute atomic E-state index is 10.9. The Kier molecular flexibility index (Phi) is 9.96. The van der Waals surface area contributed by atoms with E-state index >= 15 is 0 Å². The molecule has 0 aromatic heterocycles. The van der Waals surface area contributed by atoms with Crippen LogP contribution in [0.15, 0.2) is 30.3 Å². The zero-order valence-electron chi connectivity index (χ0n) is 13.2. The van der Waals surface area contributed by atoms with Gasteiger partial charge in [-0.15, -0.1) is 0 Å². The summed E-state index contributed by atoms with van der Waals surface area (Å²) < 4.78 is 0. The van der Waals surface area contributed by atoms with E-state index in [1.54, 1.807) is 12.1 Å². The third-order valence-corrected chi connectivity index (χ3v) is 4.08. The molecule has 2 rings (SSSR count). The van der Waals surface area contributed by atoms with Crippen LogP contribution in [0.5, 0.6) is 0 Å². The van der Waals surface area contributed by atoms with Gasteiger partial charge in [0.1, 0.15) is 0 Å². The summed E-state index contributed by atoms with van der Waals surface area (Å²) in [6.07, 6.45) is -0.159. The van der Waals surface area contributed by atoms with Crippen LogP contribution in [0.4, 0.5) is 11.4 Å². The van der Waals surface area contributed by atoms with Gasteiger partial charge in [-0.3, -0.25) is 0 Å². The predicted octanol–water partition coefficient (Wildman–Crippen LogP) is -0.174. The molecular formula is C16H16Cl2KNO3. The molecule has 118 valence electrons. The molecule has 0 radical (unpaired) electrons. The Morgan fingerprint density at radius 2 is 1.74 bits per heavy atom. The Bertz CT molecular complexity index is 708. The minimum absolute atomic E-state index is 0. The van der Waals surface area contributed by atoms with Crippen molar-refractivity contribution in [3.05, 3.63) is 57.1 Å². The Morgan fingerprint density at radius 1 is 1.13 bits per heavy atom. The summed E-state index contributed by atoms with van der Waals surface area (Å²) >= 11 is 12.3. The van der Waals surface area contributed by atoms with E-state index in [9.17, 15) is 9.90 Å². The van der Waals surface area contributed by atoms with E-state index in [2.05, 4.69) is 5.32 Å². The summed E-state index contributed by atoms with van der Waals surface area (Å²) in [5.74, 6) is -1.12. The second-order valence-corrected chi connectivity index (χ2v) is 5.65. The summed E-state index contributed by atoms with van der Waals surface area (Å²) in [4.78, 5) is 10.9. The van der Waals surface area contributed by atoms with Gasteiger partial charge < -0.3 is 20.7 Å². The molecule has 0 spiro atoms. The van der Waals surface area contributed by atoms with E-state index in [0.717, 1.165) is 11.1 Å². The van der Waals surface area contributed by atoms with Crippen LogP contribution in [-0.4, -0.2) is 11.4 Å². The maximum Gasteiger partial charge on any atom is 1.00 e. The number of aliphatic carboxylic acids is 1. The van der Waals surface area contributed by atoms with E-state index in [1.165, 1.54) is 0 Å². The molecule has 3 N–H and O–H groups in total. The van der Waals surface area contributed by atoms with Gasteiger partial charge in [-0.2, -0.15) is 0 Å². The summed E-state index contributed by atoms with van der Waals surface area (Å²) in [5.41, 5.74) is 3.78. The van der Waals surface area contributed by atoms with Gasteiger partial charge in [0.05, 0.1) is 10.7 Å². The molecule has 0 saturated carbocycles. The van der Waals surface area contributed by atoms with Gasteiger partial charge in [-0.25, -0.2) is 0 Å². The van der Waals surface area contributed by atoms with Crippen molar-refractivity contribution in [1.29, 1.82) is 0 Å². The standard InChI is InChI=1S/C16H15Cl2NO2.K.H2O/c1-9-3-5-13(11(7-9)8-15(20)21)19-14-6-4-12(17)10(2)16(14)18;;/h3-7,19H,8H2,1-2H3,(H,20,21);;1H2/q;+1;/p-1. The fraction of sp³-hybridized carbons (Fsp3) is 0.188. The molecule has 0 fully saturated rings. The van der Waals surface area contributed by atoms with Crippen LogP contribution in [0, 0.1) is 13.8 Å². The van der Waals surface area contributed by atoms with Crippen LogP contribution in [0.3, 0.4) is 0 Å². The first-order valence-corrected chi connectivity index (χ1v) is 7.15. The molecular weight excluding hydrogens is 364 g/mol. The minimum Gasteiger partial charge on any atom is -0.550 e. The van der Waals surface area contributed by atoms with Crippen LogP contribution < -0.4 is 61.8 Å². The van der Waals surface area contributed by atoms with Gasteiger partial charge in [0.25, 0.3) is 0 Å². The van der Waals surface area contributed by atoms with Crippen molar-refractivity contribution in [1.82, 2.24) is 0 Å². The molecule has 0 saturated heterocycles. The molecule has 0 atom stereocenters. The first-order valence-electron chi connectivity index (χ1n) is 6.39. The number of hydrogen-bond acceptors (Lipinski definition) is 3. The molecule has 0 unspecified atom stereocenters. The molecule has 0 aliphatic heterocycles. The number of carbonyl (C=O) groups excluding carboxylic acids is 1. The summed E-state index contributed by atoms with van der Waals surface area (Å²) in [6, 6.07) is 9.05. The van der Waals surface area contributed by atoms with Gasteiger partial charge >= 0.3 is 51.4 Å². The van der Waals surface area contributed by atoms with E-state index in [4.69, 9.17) is 23.2 Å². The van der Waals surface area contributed by atoms with Crippen molar-refractivity contribution in [2.45, 2.75) is 20.3 Å². The van der Waals surface area contributed by atoms with Crippen LogP contribution in [0.2, 0.25) is 10.0 Å². The maximum atomic E-state index is 10.9. The zero-order valence-corrected chi connectivity index (χ0v) is 17.8. The monoisotopic (exact) mass is 379 g/mol. The van der Waals surface area contributed by atoms with Crippen LogP contribution in [-0.2, 0) is 11.2 Å². The molecule has 7 heteroatoms. The van der Waals surface area contributed by atoms with Crippen LogP contribution in [0.1, 0.15) is 16.7 Å². The Labute approximate surface area is 187 Å². The molecule has 0 heterocycles. The number of halogens is 2. The zero-order chi connectivity index (χ0) is 15.6. The number of carboxylic acid groups (broad SMARTS) is 1. The first-order chi connectivity index (χ1) is 9.88. The van der Waals surface area contributed by atoms with Crippen LogP contribution in [0.25, 0.3) is 0 Å². The first kappa shape index (κ1) is 22.9. The molecule has 4 nitrogen and oxygen atoms in total. The number of rotatable bonds is 4. The van der Waals surface area contributed by atoms with Crippen LogP contribution >= 0.6 is 23.2 Å². The number of benzene rings is 2. The fourth-order valence-electron chi connectivity index (χ4n) is 2.05. The Hall–Kier alpha value is -0.114. The predicted molar refractivity (Wildman–Crippen MR) is 88.0 cm³/mol. The molecule has 2 aromatic carbocycles. The largest absolute Gasteiger partial charge is 1.00 e. The van der Waals surface area contributed by atoms with Gasteiger partial charge in [0, 0.05) is 23.1 Å². The number of nitrogens with one attached hydrogen (secondary N) is 1. The quantitative estimate of drug-likeness (QED) is 0.748. The molecule has 2 aromatic rings. The number of aryl methyl sites for hydroxylation is 1. The summed E-state index contributed by atoms with van der Waals surface area (Å²) in [6.45, 7) is 3.73. The third kappa shape index (κ3) is 6.03. The van der Waals surface area contributed by atoms with E-state index in [-0.39, 0.29) is 63.3 Å². The normalized spacial score (nSPS) is 9.57. The van der Waals surface area contributed by atoms with Crippen molar-refractivity contribution in [2.75, 3.05) is 5.32 Å². The third-order valence-electron chi connectivity index (χ3n) is 3.19. The van der Waals surface area contributed by atoms with Gasteiger partial charge in [-0.05, 0) is 43.2 Å². The molecule has 0 aliphatic carbocycles. The molecule has 0 bridgehead atoms. The molecule has 0 aliphatic rings. The molecule has 23 heavy (non-hydrogen) atoms. The fourth-order valence-corrected chi connectivity index (χ4v) is 2.47. The second-order valence-electron chi connectivity index (χ2n) is 4.87. The van der Waals surface area contributed by atoms with Gasteiger partial charge in [0.2, 0.25) is 0 Å². The van der Waals surface area contributed by atoms with Crippen molar-refractivity contribution in [3.8, 4) is 0 Å². The van der Waals surface area contributed by atoms with Gasteiger partial charge in [0.15, 0.2) is 0 Å². The number of hydrogen-bond donors (Lipinski definition) is 1. The van der Waals surface area contributed by atoms with Gasteiger partial charge in [-0.1, -0.05) is 40.9 Å². The van der Waals surface area contributed by atoms with Crippen molar-refractivity contribution in [2.24, 2.45) is 0 Å². The average Bonchev–Trinajstić information content (AvgIpc) is 2.41. The SMILES string of the molecule is Cc1ccc(Nc2ccc(Cl)c(C)c2Cl)c(CC(=O)[O-])c1.O.[K+]. The molecule has 0 amide bonds. The Morgan fingerprint density at radius 3 is 2.35 bits per heavy atom. The number of carbonyl (C=O) groups is 1. The summed E-state index contributed by atoms with van der Waals surface area (Å²) in [7, 11) is 0. The number of carboxylic acids is 1. The van der Waals surface area contributed by atoms with E-state index < -0.39 is 5.97 Å². The topological polar surface area (TPSA) is 83.7 Å². The van der Waals surface area contributed by atoms with Crippen molar-refractivity contribution < 1.29 is 66.8 Å². The smallest absolute Gasteiger partial charge is 0.550 e. The Balaban J connectivity index is 0.00000242. The van der Waals surface area contributed by atoms with Crippen molar-refractivity contribution in [3.63, 3.8) is 0 Å². The number of anilines is 2. The van der Waals surface area contributed by atoms with E-state index in [1.807, 2.05) is 32.0 Å². The van der Waals surface area contributed by atoms with Crippen molar-refractivity contribution >= 4 is 40.5 Å². The van der Waals surface area contributed by atoms with E-state index in [0.29, 0.717) is 27.0 Å².